The Bertz CT molecular complexity index is 1100. The molecule has 2 aromatic carbocycles. The van der Waals surface area contributed by atoms with Gasteiger partial charge in [0, 0.05) is 12.2 Å². The SMILES string of the molecule is CCn1c(CNC(=O)c2ccccc2F)nnc1SCC(=O)Nc1cc(F)ccc1C. The van der Waals surface area contributed by atoms with Gasteiger partial charge in [-0.05, 0) is 43.7 Å². The minimum atomic E-state index is -0.604. The quantitative estimate of drug-likeness (QED) is 0.518. The smallest absolute Gasteiger partial charge is 0.254 e. The summed E-state index contributed by atoms with van der Waals surface area (Å²) in [6.45, 7) is 4.23. The van der Waals surface area contributed by atoms with Gasteiger partial charge in [0.05, 0.1) is 17.9 Å². The Morgan fingerprint density at radius 3 is 2.65 bits per heavy atom. The van der Waals surface area contributed by atoms with Gasteiger partial charge in [-0.1, -0.05) is 30.0 Å². The molecule has 1 aromatic heterocycles. The molecule has 3 rings (SSSR count). The zero-order valence-electron chi connectivity index (χ0n) is 17.0. The fraction of sp³-hybridized carbons (Fsp3) is 0.238. The molecule has 0 atom stereocenters. The third-order valence-electron chi connectivity index (χ3n) is 4.44. The second-order valence-corrected chi connectivity index (χ2v) is 7.54. The fourth-order valence-electron chi connectivity index (χ4n) is 2.82. The molecule has 0 unspecified atom stereocenters. The molecule has 3 aromatic rings. The van der Waals surface area contributed by atoms with Crippen LogP contribution in [-0.2, 0) is 17.9 Å². The summed E-state index contributed by atoms with van der Waals surface area (Å²) in [5.41, 5.74) is 1.12. The van der Waals surface area contributed by atoms with E-state index in [1.165, 1.54) is 42.1 Å². The molecule has 0 fully saturated rings. The summed E-state index contributed by atoms with van der Waals surface area (Å²) in [6, 6.07) is 9.89. The van der Waals surface area contributed by atoms with Gasteiger partial charge in [-0.2, -0.15) is 0 Å². The zero-order valence-corrected chi connectivity index (χ0v) is 17.8. The van der Waals surface area contributed by atoms with Crippen LogP contribution < -0.4 is 10.6 Å². The molecule has 0 aliphatic carbocycles. The summed E-state index contributed by atoms with van der Waals surface area (Å²) in [5, 5.41) is 14.0. The van der Waals surface area contributed by atoms with Gasteiger partial charge >= 0.3 is 0 Å². The molecular formula is C21H21F2N5O2S. The Morgan fingerprint density at radius 1 is 1.13 bits per heavy atom. The van der Waals surface area contributed by atoms with E-state index in [-0.39, 0.29) is 23.8 Å². The molecule has 0 spiro atoms. The van der Waals surface area contributed by atoms with Crippen molar-refractivity contribution in [1.29, 1.82) is 0 Å². The number of carbonyl (C=O) groups excluding carboxylic acids is 2. The van der Waals surface area contributed by atoms with Crippen LogP contribution in [0.25, 0.3) is 0 Å². The van der Waals surface area contributed by atoms with Gasteiger partial charge in [-0.15, -0.1) is 10.2 Å². The van der Waals surface area contributed by atoms with E-state index in [4.69, 9.17) is 0 Å². The van der Waals surface area contributed by atoms with Crippen molar-refractivity contribution in [3.63, 3.8) is 0 Å². The summed E-state index contributed by atoms with van der Waals surface area (Å²) in [5.74, 6) is -1.36. The predicted molar refractivity (Wildman–Crippen MR) is 114 cm³/mol. The molecule has 0 aliphatic heterocycles. The van der Waals surface area contributed by atoms with Gasteiger partial charge < -0.3 is 15.2 Å². The molecule has 0 saturated heterocycles. The van der Waals surface area contributed by atoms with Crippen LogP contribution in [0.4, 0.5) is 14.5 Å². The third kappa shape index (κ3) is 5.66. The summed E-state index contributed by atoms with van der Waals surface area (Å²) in [4.78, 5) is 24.4. The highest BCUT2D eigenvalue weighted by atomic mass is 32.2. The number of benzene rings is 2. The fourth-order valence-corrected chi connectivity index (χ4v) is 3.64. The van der Waals surface area contributed by atoms with Gasteiger partial charge in [0.15, 0.2) is 11.0 Å². The molecule has 0 bridgehead atoms. The van der Waals surface area contributed by atoms with E-state index in [0.717, 1.165) is 5.56 Å². The van der Waals surface area contributed by atoms with Crippen molar-refractivity contribution in [3.8, 4) is 0 Å². The average Bonchev–Trinajstić information content (AvgIpc) is 3.15. The van der Waals surface area contributed by atoms with Crippen molar-refractivity contribution in [1.82, 2.24) is 20.1 Å². The topological polar surface area (TPSA) is 88.9 Å². The van der Waals surface area contributed by atoms with Crippen LogP contribution in [0.2, 0.25) is 0 Å². The maximum Gasteiger partial charge on any atom is 0.254 e. The second-order valence-electron chi connectivity index (χ2n) is 6.60. The standard InChI is InChI=1S/C21H21F2N5O2S/c1-3-28-18(11-24-20(30)15-6-4-5-7-16(15)23)26-27-21(28)31-12-19(29)25-17-10-14(22)9-8-13(17)2/h4-10H,3,11-12H2,1-2H3,(H,24,30)(H,25,29). The number of carbonyl (C=O) groups is 2. The number of thioether (sulfide) groups is 1. The van der Waals surface area contributed by atoms with E-state index in [1.54, 1.807) is 23.6 Å². The van der Waals surface area contributed by atoms with Gasteiger partial charge in [0.2, 0.25) is 5.91 Å². The van der Waals surface area contributed by atoms with Gasteiger partial charge in [-0.3, -0.25) is 9.59 Å². The number of anilines is 1. The van der Waals surface area contributed by atoms with Crippen LogP contribution in [0.15, 0.2) is 47.6 Å². The Balaban J connectivity index is 1.59. The monoisotopic (exact) mass is 445 g/mol. The van der Waals surface area contributed by atoms with E-state index in [9.17, 15) is 18.4 Å². The molecule has 162 valence electrons. The number of nitrogens with one attached hydrogen (secondary N) is 2. The van der Waals surface area contributed by atoms with Gasteiger partial charge in [0.25, 0.3) is 5.91 Å². The number of amides is 2. The molecule has 0 aliphatic rings. The zero-order chi connectivity index (χ0) is 22.4. The normalized spacial score (nSPS) is 10.7. The predicted octanol–water partition coefficient (Wildman–Crippen LogP) is 3.55. The summed E-state index contributed by atoms with van der Waals surface area (Å²) in [6.07, 6.45) is 0. The highest BCUT2D eigenvalue weighted by molar-refractivity contribution is 7.99. The summed E-state index contributed by atoms with van der Waals surface area (Å²) < 4.78 is 28.9. The maximum absolute atomic E-state index is 13.7. The van der Waals surface area contributed by atoms with E-state index >= 15 is 0 Å². The van der Waals surface area contributed by atoms with E-state index in [0.29, 0.717) is 23.2 Å². The Kier molecular flexibility index (Phi) is 7.35. The Hall–Kier alpha value is -3.27. The van der Waals surface area contributed by atoms with E-state index in [2.05, 4.69) is 20.8 Å². The highest BCUT2D eigenvalue weighted by Gasteiger charge is 2.16. The average molecular weight is 445 g/mol. The first-order chi connectivity index (χ1) is 14.9. The minimum Gasteiger partial charge on any atom is -0.345 e. The molecule has 0 radical (unpaired) electrons. The van der Waals surface area contributed by atoms with Gasteiger partial charge in [0.1, 0.15) is 11.6 Å². The van der Waals surface area contributed by atoms with Crippen molar-refractivity contribution in [2.24, 2.45) is 0 Å². The molecule has 7 nitrogen and oxygen atoms in total. The molecule has 0 saturated carbocycles. The third-order valence-corrected chi connectivity index (χ3v) is 5.41. The van der Waals surface area contributed by atoms with Gasteiger partial charge in [-0.25, -0.2) is 8.78 Å². The first-order valence-corrected chi connectivity index (χ1v) is 10.5. The van der Waals surface area contributed by atoms with Crippen molar-refractivity contribution in [2.75, 3.05) is 11.1 Å². The second kappa shape index (κ2) is 10.2. The van der Waals surface area contributed by atoms with Crippen LogP contribution in [0, 0.1) is 18.6 Å². The van der Waals surface area contributed by atoms with E-state index < -0.39 is 17.5 Å². The molecular weight excluding hydrogens is 424 g/mol. The van der Waals surface area contributed by atoms with Crippen LogP contribution in [-0.4, -0.2) is 32.3 Å². The van der Waals surface area contributed by atoms with Crippen molar-refractivity contribution in [2.45, 2.75) is 32.1 Å². The number of aryl methyl sites for hydroxylation is 1. The molecule has 1 heterocycles. The number of aromatic nitrogens is 3. The van der Waals surface area contributed by atoms with Crippen LogP contribution >= 0.6 is 11.8 Å². The lowest BCUT2D eigenvalue weighted by Crippen LogP contribution is -2.25. The summed E-state index contributed by atoms with van der Waals surface area (Å²) >= 11 is 1.17. The lowest BCUT2D eigenvalue weighted by atomic mass is 10.2. The molecule has 10 heteroatoms. The number of hydrogen-bond acceptors (Lipinski definition) is 5. The lowest BCUT2D eigenvalue weighted by Gasteiger charge is -2.10. The number of hydrogen-bond donors (Lipinski definition) is 2. The Morgan fingerprint density at radius 2 is 1.90 bits per heavy atom. The van der Waals surface area contributed by atoms with Crippen molar-refractivity contribution < 1.29 is 18.4 Å². The van der Waals surface area contributed by atoms with Crippen molar-refractivity contribution >= 4 is 29.3 Å². The largest absolute Gasteiger partial charge is 0.345 e. The molecule has 31 heavy (non-hydrogen) atoms. The summed E-state index contributed by atoms with van der Waals surface area (Å²) in [7, 11) is 0. The molecule has 2 N–H and O–H groups in total. The van der Waals surface area contributed by atoms with Crippen LogP contribution in [0.1, 0.15) is 28.7 Å². The van der Waals surface area contributed by atoms with Crippen LogP contribution in [0.5, 0.6) is 0 Å². The number of rotatable bonds is 8. The molecule has 2 amide bonds. The minimum absolute atomic E-state index is 0.0513. The number of halogens is 2. The van der Waals surface area contributed by atoms with Crippen molar-refractivity contribution in [3.05, 3.63) is 71.1 Å². The Labute approximate surface area is 182 Å². The highest BCUT2D eigenvalue weighted by Crippen LogP contribution is 2.20. The number of nitrogens with zero attached hydrogens (tertiary/aromatic N) is 3. The first-order valence-electron chi connectivity index (χ1n) is 9.52. The van der Waals surface area contributed by atoms with E-state index in [1.807, 2.05) is 6.92 Å². The first kappa shape index (κ1) is 22.4. The lowest BCUT2D eigenvalue weighted by molar-refractivity contribution is -0.113. The maximum atomic E-state index is 13.7. The van der Waals surface area contributed by atoms with Crippen LogP contribution in [0.3, 0.4) is 0 Å².